The molecule has 1 atom stereocenters. The van der Waals surface area contributed by atoms with Gasteiger partial charge in [-0.3, -0.25) is 0 Å². The maximum Gasteiger partial charge on any atom is 0.137 e. The number of benzene rings is 1. The fraction of sp³-hybridized carbons (Fsp3) is 0.333. The van der Waals surface area contributed by atoms with Gasteiger partial charge in [0.1, 0.15) is 11.5 Å². The van der Waals surface area contributed by atoms with E-state index in [1.54, 1.807) is 12.1 Å². The van der Waals surface area contributed by atoms with Gasteiger partial charge in [0.05, 0.1) is 21.7 Å². The highest BCUT2D eigenvalue weighted by molar-refractivity contribution is 6.41. The van der Waals surface area contributed by atoms with Crippen LogP contribution in [0.4, 0.5) is 0 Å². The van der Waals surface area contributed by atoms with Crippen LogP contribution in [0, 0.1) is 0 Å². The first-order valence-electron chi connectivity index (χ1n) is 6.54. The molecular formula is C15H16Cl3NO. The summed E-state index contributed by atoms with van der Waals surface area (Å²) in [6.45, 7) is 5.06. The highest BCUT2D eigenvalue weighted by atomic mass is 35.5. The molecule has 0 saturated heterocycles. The Morgan fingerprint density at radius 1 is 1.10 bits per heavy atom. The van der Waals surface area contributed by atoms with Crippen molar-refractivity contribution in [3.8, 4) is 11.3 Å². The van der Waals surface area contributed by atoms with Crippen molar-refractivity contribution in [3.63, 3.8) is 0 Å². The minimum atomic E-state index is 0.193. The van der Waals surface area contributed by atoms with Gasteiger partial charge in [0.25, 0.3) is 0 Å². The van der Waals surface area contributed by atoms with Crippen molar-refractivity contribution in [2.75, 3.05) is 6.54 Å². The molecule has 0 aliphatic rings. The topological polar surface area (TPSA) is 25.2 Å². The minimum absolute atomic E-state index is 0.193. The van der Waals surface area contributed by atoms with E-state index in [0.29, 0.717) is 26.4 Å². The fourth-order valence-corrected chi connectivity index (χ4v) is 3.15. The lowest BCUT2D eigenvalue weighted by Crippen LogP contribution is -2.19. The molecule has 108 valence electrons. The van der Waals surface area contributed by atoms with Gasteiger partial charge in [0, 0.05) is 5.02 Å². The van der Waals surface area contributed by atoms with Gasteiger partial charge >= 0.3 is 0 Å². The SMILES string of the molecule is CCNC(CC)c1ccc(-c2c(Cl)cc(Cl)cc2Cl)o1. The maximum absolute atomic E-state index is 6.21. The molecule has 0 radical (unpaired) electrons. The van der Waals surface area contributed by atoms with E-state index in [9.17, 15) is 0 Å². The van der Waals surface area contributed by atoms with Crippen molar-refractivity contribution in [2.45, 2.75) is 26.3 Å². The highest BCUT2D eigenvalue weighted by Gasteiger charge is 2.17. The molecule has 0 bridgehead atoms. The summed E-state index contributed by atoms with van der Waals surface area (Å²) in [5.41, 5.74) is 0.676. The second-order valence-electron chi connectivity index (χ2n) is 4.46. The Labute approximate surface area is 134 Å². The summed E-state index contributed by atoms with van der Waals surface area (Å²) in [5, 5.41) is 4.85. The summed E-state index contributed by atoms with van der Waals surface area (Å²) in [4.78, 5) is 0. The van der Waals surface area contributed by atoms with Crippen LogP contribution in [0.5, 0.6) is 0 Å². The van der Waals surface area contributed by atoms with Gasteiger partial charge < -0.3 is 9.73 Å². The van der Waals surface area contributed by atoms with E-state index in [2.05, 4.69) is 19.2 Å². The van der Waals surface area contributed by atoms with Crippen LogP contribution in [-0.4, -0.2) is 6.54 Å². The number of hydrogen-bond acceptors (Lipinski definition) is 2. The van der Waals surface area contributed by atoms with Crippen LogP contribution in [0.2, 0.25) is 15.1 Å². The lowest BCUT2D eigenvalue weighted by atomic mass is 10.1. The van der Waals surface area contributed by atoms with Gasteiger partial charge in [-0.2, -0.15) is 0 Å². The molecule has 2 rings (SSSR count). The third-order valence-corrected chi connectivity index (χ3v) is 3.90. The summed E-state index contributed by atoms with van der Waals surface area (Å²) in [5.74, 6) is 1.54. The largest absolute Gasteiger partial charge is 0.459 e. The predicted molar refractivity (Wildman–Crippen MR) is 85.9 cm³/mol. The lowest BCUT2D eigenvalue weighted by molar-refractivity contribution is 0.417. The summed E-state index contributed by atoms with van der Waals surface area (Å²) in [6.07, 6.45) is 0.947. The summed E-state index contributed by atoms with van der Waals surface area (Å²) in [6, 6.07) is 7.35. The van der Waals surface area contributed by atoms with Gasteiger partial charge in [0.15, 0.2) is 0 Å². The molecule has 0 aliphatic carbocycles. The molecule has 5 heteroatoms. The van der Waals surface area contributed by atoms with Crippen molar-refractivity contribution in [1.29, 1.82) is 0 Å². The molecule has 0 fully saturated rings. The summed E-state index contributed by atoms with van der Waals surface area (Å²) >= 11 is 18.3. The Bertz CT molecular complexity index is 572. The van der Waals surface area contributed by atoms with Crippen molar-refractivity contribution in [3.05, 3.63) is 45.1 Å². The molecule has 0 aliphatic heterocycles. The van der Waals surface area contributed by atoms with Crippen LogP contribution in [-0.2, 0) is 0 Å². The quantitative estimate of drug-likeness (QED) is 0.730. The van der Waals surface area contributed by atoms with Crippen LogP contribution >= 0.6 is 34.8 Å². The van der Waals surface area contributed by atoms with Gasteiger partial charge in [-0.15, -0.1) is 0 Å². The number of rotatable bonds is 5. The molecule has 20 heavy (non-hydrogen) atoms. The Hall–Kier alpha value is -0.670. The number of nitrogens with one attached hydrogen (secondary N) is 1. The first-order chi connectivity index (χ1) is 9.56. The molecule has 2 aromatic rings. The van der Waals surface area contributed by atoms with Gasteiger partial charge in [-0.25, -0.2) is 0 Å². The van der Waals surface area contributed by atoms with Crippen LogP contribution in [0.1, 0.15) is 32.1 Å². The molecule has 1 unspecified atom stereocenters. The molecular weight excluding hydrogens is 317 g/mol. The number of halogens is 3. The highest BCUT2D eigenvalue weighted by Crippen LogP contribution is 2.38. The van der Waals surface area contributed by atoms with E-state index in [-0.39, 0.29) is 6.04 Å². The molecule has 2 nitrogen and oxygen atoms in total. The monoisotopic (exact) mass is 331 g/mol. The molecule has 1 aromatic carbocycles. The molecule has 1 heterocycles. The number of furan rings is 1. The summed E-state index contributed by atoms with van der Waals surface area (Å²) in [7, 11) is 0. The Kier molecular flexibility index (Phi) is 5.39. The van der Waals surface area contributed by atoms with E-state index in [0.717, 1.165) is 18.7 Å². The van der Waals surface area contributed by atoms with Crippen LogP contribution in [0.15, 0.2) is 28.7 Å². The van der Waals surface area contributed by atoms with E-state index >= 15 is 0 Å². The third kappa shape index (κ3) is 3.32. The average Bonchev–Trinajstić information content (AvgIpc) is 2.84. The van der Waals surface area contributed by atoms with Crippen molar-refractivity contribution >= 4 is 34.8 Å². The van der Waals surface area contributed by atoms with Crippen LogP contribution in [0.3, 0.4) is 0 Å². The molecule has 1 aromatic heterocycles. The smallest absolute Gasteiger partial charge is 0.137 e. The van der Waals surface area contributed by atoms with E-state index in [1.165, 1.54) is 0 Å². The zero-order valence-electron chi connectivity index (χ0n) is 11.3. The van der Waals surface area contributed by atoms with E-state index in [4.69, 9.17) is 39.2 Å². The standard InChI is InChI=1S/C15H16Cl3NO/c1-3-12(19-4-2)13-5-6-14(20-13)15-10(17)7-9(16)8-11(15)18/h5-8,12,19H,3-4H2,1-2H3. The molecule has 0 amide bonds. The second-order valence-corrected chi connectivity index (χ2v) is 5.72. The zero-order chi connectivity index (χ0) is 14.7. The van der Waals surface area contributed by atoms with Gasteiger partial charge in [0.2, 0.25) is 0 Å². The Morgan fingerprint density at radius 3 is 2.30 bits per heavy atom. The maximum atomic E-state index is 6.21. The van der Waals surface area contributed by atoms with E-state index < -0.39 is 0 Å². The lowest BCUT2D eigenvalue weighted by Gasteiger charge is -2.12. The second kappa shape index (κ2) is 6.86. The van der Waals surface area contributed by atoms with E-state index in [1.807, 2.05) is 12.1 Å². The van der Waals surface area contributed by atoms with Gasteiger partial charge in [-0.1, -0.05) is 48.7 Å². The van der Waals surface area contributed by atoms with Crippen molar-refractivity contribution in [1.82, 2.24) is 5.32 Å². The Morgan fingerprint density at radius 2 is 1.75 bits per heavy atom. The normalized spacial score (nSPS) is 12.7. The van der Waals surface area contributed by atoms with Gasteiger partial charge in [-0.05, 0) is 37.2 Å². The fourth-order valence-electron chi connectivity index (χ4n) is 2.14. The molecule has 1 N–H and O–H groups in total. The summed E-state index contributed by atoms with van der Waals surface area (Å²) < 4.78 is 5.90. The van der Waals surface area contributed by atoms with Crippen molar-refractivity contribution in [2.24, 2.45) is 0 Å². The van der Waals surface area contributed by atoms with Crippen LogP contribution < -0.4 is 5.32 Å². The third-order valence-electron chi connectivity index (χ3n) is 3.08. The zero-order valence-corrected chi connectivity index (χ0v) is 13.6. The molecule has 0 spiro atoms. The average molecular weight is 333 g/mol. The predicted octanol–water partition coefficient (Wildman–Crippen LogP) is 5.97. The van der Waals surface area contributed by atoms with Crippen molar-refractivity contribution < 1.29 is 4.42 Å². The molecule has 0 saturated carbocycles. The minimum Gasteiger partial charge on any atom is -0.459 e. The first kappa shape index (κ1) is 15.7. The Balaban J connectivity index is 2.38. The van der Waals surface area contributed by atoms with Crippen LogP contribution in [0.25, 0.3) is 11.3 Å². The first-order valence-corrected chi connectivity index (χ1v) is 7.68. The number of hydrogen-bond donors (Lipinski definition) is 1.